The van der Waals surface area contributed by atoms with Crippen LogP contribution in [-0.4, -0.2) is 60.7 Å². The summed E-state index contributed by atoms with van der Waals surface area (Å²) in [5.74, 6) is 0.253. The molecule has 1 amide bonds. The van der Waals surface area contributed by atoms with Gasteiger partial charge in [-0.1, -0.05) is 24.3 Å². The third-order valence-electron chi connectivity index (χ3n) is 6.59. The molecule has 9 heteroatoms. The topological polar surface area (TPSA) is 57.7 Å². The third kappa shape index (κ3) is 6.20. The third-order valence-corrected chi connectivity index (χ3v) is 6.59. The van der Waals surface area contributed by atoms with Crippen LogP contribution in [0, 0.1) is 6.92 Å². The number of piperazine rings is 1. The van der Waals surface area contributed by atoms with E-state index in [0.29, 0.717) is 13.1 Å². The number of benzene rings is 1. The summed E-state index contributed by atoms with van der Waals surface area (Å²) in [4.78, 5) is 20.5. The summed E-state index contributed by atoms with van der Waals surface area (Å²) >= 11 is 0. The van der Waals surface area contributed by atoms with Crippen molar-refractivity contribution in [2.24, 2.45) is 0 Å². The number of pyridine rings is 1. The predicted octanol–water partition coefficient (Wildman–Crippen LogP) is 4.50. The second kappa shape index (κ2) is 10.6. The molecule has 34 heavy (non-hydrogen) atoms. The second-order valence-electron chi connectivity index (χ2n) is 8.99. The number of carbonyl (C=O) groups excluding carboxylic acids is 1. The molecule has 4 rings (SSSR count). The van der Waals surface area contributed by atoms with Gasteiger partial charge in [-0.05, 0) is 56.4 Å². The second-order valence-corrected chi connectivity index (χ2v) is 8.99. The summed E-state index contributed by atoms with van der Waals surface area (Å²) in [7, 11) is 0. The highest BCUT2D eigenvalue weighted by Gasteiger charge is 2.35. The van der Waals surface area contributed by atoms with Crippen molar-refractivity contribution >= 4 is 17.4 Å². The number of nitrogens with one attached hydrogen (secondary N) is 1. The first-order valence-electron chi connectivity index (χ1n) is 11.8. The number of hydrogen-bond acceptors (Lipinski definition) is 5. The number of ether oxygens (including phenoxy) is 1. The number of aryl methyl sites for hydroxylation is 1. The van der Waals surface area contributed by atoms with Gasteiger partial charge in [0.05, 0.1) is 6.10 Å². The van der Waals surface area contributed by atoms with E-state index in [9.17, 15) is 18.0 Å². The van der Waals surface area contributed by atoms with Gasteiger partial charge in [-0.15, -0.1) is 0 Å². The normalized spacial score (nSPS) is 21.4. The van der Waals surface area contributed by atoms with Gasteiger partial charge in [-0.25, -0.2) is 4.98 Å². The number of nitrogens with zero attached hydrogens (tertiary/aromatic N) is 3. The van der Waals surface area contributed by atoms with E-state index in [4.69, 9.17) is 4.74 Å². The van der Waals surface area contributed by atoms with Crippen LogP contribution in [0.25, 0.3) is 0 Å². The Morgan fingerprint density at radius 1 is 1.03 bits per heavy atom. The molecule has 0 radical (unpaired) electrons. The van der Waals surface area contributed by atoms with Crippen molar-refractivity contribution in [1.29, 1.82) is 0 Å². The molecule has 1 aliphatic heterocycles. The van der Waals surface area contributed by atoms with Crippen LogP contribution < -0.4 is 10.2 Å². The molecule has 0 spiro atoms. The van der Waals surface area contributed by atoms with Crippen molar-refractivity contribution in [3.63, 3.8) is 0 Å². The molecular formula is C25H31F3N4O2. The lowest BCUT2D eigenvalue weighted by molar-refractivity contribution is -0.141. The van der Waals surface area contributed by atoms with Gasteiger partial charge in [0, 0.05) is 37.9 Å². The monoisotopic (exact) mass is 476 g/mol. The van der Waals surface area contributed by atoms with E-state index in [1.807, 2.05) is 23.1 Å². The van der Waals surface area contributed by atoms with Gasteiger partial charge in [-0.3, -0.25) is 4.79 Å². The Morgan fingerprint density at radius 3 is 2.35 bits per heavy atom. The fraction of sp³-hybridized carbons (Fsp3) is 0.520. The molecule has 0 bridgehead atoms. The molecule has 1 aliphatic carbocycles. The van der Waals surface area contributed by atoms with E-state index >= 15 is 0 Å². The molecule has 1 aromatic carbocycles. The number of halogens is 3. The first-order chi connectivity index (χ1) is 16.3. The summed E-state index contributed by atoms with van der Waals surface area (Å²) < 4.78 is 45.2. The summed E-state index contributed by atoms with van der Waals surface area (Å²) in [5.41, 5.74) is 0.436. The van der Waals surface area contributed by atoms with Gasteiger partial charge < -0.3 is 19.9 Å². The fourth-order valence-corrected chi connectivity index (χ4v) is 4.61. The van der Waals surface area contributed by atoms with Gasteiger partial charge >= 0.3 is 6.18 Å². The highest BCUT2D eigenvalue weighted by atomic mass is 19.4. The smallest absolute Gasteiger partial charge is 0.368 e. The number of alkyl halides is 3. The zero-order chi connectivity index (χ0) is 24.1. The minimum Gasteiger partial charge on any atom is -0.368 e. The molecule has 1 saturated carbocycles. The number of rotatable bonds is 6. The van der Waals surface area contributed by atoms with Crippen molar-refractivity contribution in [3.8, 4) is 0 Å². The molecule has 184 valence electrons. The summed E-state index contributed by atoms with van der Waals surface area (Å²) in [6.07, 6.45) is -1.45. The van der Waals surface area contributed by atoms with E-state index in [-0.39, 0.29) is 36.0 Å². The molecule has 2 heterocycles. The first-order valence-corrected chi connectivity index (χ1v) is 11.8. The summed E-state index contributed by atoms with van der Waals surface area (Å²) in [6, 6.07) is 13.3. The van der Waals surface area contributed by atoms with Crippen LogP contribution in [0.2, 0.25) is 0 Å². The first kappa shape index (κ1) is 24.3. The average molecular weight is 477 g/mol. The van der Waals surface area contributed by atoms with E-state index in [1.165, 1.54) is 18.7 Å². The Balaban J connectivity index is 1.18. The van der Waals surface area contributed by atoms with Gasteiger partial charge in [0.2, 0.25) is 5.91 Å². The molecule has 0 unspecified atom stereocenters. The fourth-order valence-electron chi connectivity index (χ4n) is 4.61. The van der Waals surface area contributed by atoms with Crippen molar-refractivity contribution in [3.05, 3.63) is 53.7 Å². The van der Waals surface area contributed by atoms with Crippen LogP contribution in [0.5, 0.6) is 0 Å². The van der Waals surface area contributed by atoms with Crippen LogP contribution in [0.3, 0.4) is 0 Å². The van der Waals surface area contributed by atoms with Crippen molar-refractivity contribution in [1.82, 2.24) is 9.88 Å². The Morgan fingerprint density at radius 2 is 1.71 bits per heavy atom. The van der Waals surface area contributed by atoms with Crippen LogP contribution in [0.4, 0.5) is 24.7 Å². The number of aromatic nitrogens is 1. The molecule has 1 saturated heterocycles. The Kier molecular flexibility index (Phi) is 7.60. The molecule has 1 aromatic heterocycles. The van der Waals surface area contributed by atoms with Crippen molar-refractivity contribution < 1.29 is 22.7 Å². The molecule has 2 aromatic rings. The Labute approximate surface area is 198 Å². The van der Waals surface area contributed by atoms with Gasteiger partial charge in [0.15, 0.2) is 0 Å². The van der Waals surface area contributed by atoms with E-state index in [0.717, 1.165) is 38.8 Å². The summed E-state index contributed by atoms with van der Waals surface area (Å²) in [5, 5.41) is 3.13. The standard InChI is InChI=1S/C25H31F3N4O2/c1-18-7-12-22(30-24(18)25(26,27)28)29-19-8-10-21(11-9-19)34-17-23(33)32-15-13-31(14-16-32)20-5-3-2-4-6-20/h2-7,12,19,21H,8-11,13-17H2,1H3,(H,29,30). The molecular weight excluding hydrogens is 445 g/mol. The van der Waals surface area contributed by atoms with E-state index in [2.05, 4.69) is 27.3 Å². The minimum atomic E-state index is -4.46. The zero-order valence-electron chi connectivity index (χ0n) is 19.4. The zero-order valence-corrected chi connectivity index (χ0v) is 19.4. The maximum Gasteiger partial charge on any atom is 0.433 e. The number of carbonyl (C=O) groups is 1. The predicted molar refractivity (Wildman–Crippen MR) is 125 cm³/mol. The minimum absolute atomic E-state index is 0.00989. The number of amides is 1. The number of anilines is 2. The lowest BCUT2D eigenvalue weighted by atomic mass is 9.93. The number of para-hydroxylation sites is 1. The van der Waals surface area contributed by atoms with Crippen LogP contribution in [0.1, 0.15) is 36.9 Å². The lowest BCUT2D eigenvalue weighted by Gasteiger charge is -2.36. The average Bonchev–Trinajstić information content (AvgIpc) is 2.84. The van der Waals surface area contributed by atoms with Crippen LogP contribution >= 0.6 is 0 Å². The molecule has 0 atom stereocenters. The molecule has 2 aliphatic rings. The highest BCUT2D eigenvalue weighted by Crippen LogP contribution is 2.32. The Hall–Kier alpha value is -2.81. The maximum atomic E-state index is 13.1. The summed E-state index contributed by atoms with van der Waals surface area (Å²) in [6.45, 7) is 4.44. The van der Waals surface area contributed by atoms with E-state index in [1.54, 1.807) is 6.07 Å². The lowest BCUT2D eigenvalue weighted by Crippen LogP contribution is -2.50. The molecule has 1 N–H and O–H groups in total. The molecule has 2 fully saturated rings. The van der Waals surface area contributed by atoms with Crippen molar-refractivity contribution in [2.45, 2.75) is 50.9 Å². The molecule has 6 nitrogen and oxygen atoms in total. The Bertz CT molecular complexity index is 954. The largest absolute Gasteiger partial charge is 0.433 e. The van der Waals surface area contributed by atoms with Crippen LogP contribution in [0.15, 0.2) is 42.5 Å². The quantitative estimate of drug-likeness (QED) is 0.666. The SMILES string of the molecule is Cc1ccc(NC2CCC(OCC(=O)N3CCN(c4ccccc4)CC3)CC2)nc1C(F)(F)F. The van der Waals surface area contributed by atoms with Gasteiger partial charge in [0.1, 0.15) is 18.1 Å². The number of hydrogen-bond donors (Lipinski definition) is 1. The van der Waals surface area contributed by atoms with E-state index < -0.39 is 11.9 Å². The van der Waals surface area contributed by atoms with Crippen molar-refractivity contribution in [2.75, 3.05) is 43.0 Å². The highest BCUT2D eigenvalue weighted by molar-refractivity contribution is 5.77. The van der Waals surface area contributed by atoms with Gasteiger partial charge in [0.25, 0.3) is 0 Å². The van der Waals surface area contributed by atoms with Crippen LogP contribution in [-0.2, 0) is 15.7 Å². The van der Waals surface area contributed by atoms with Gasteiger partial charge in [-0.2, -0.15) is 13.2 Å². The maximum absolute atomic E-state index is 13.1.